The van der Waals surface area contributed by atoms with Gasteiger partial charge in [0.25, 0.3) is 5.91 Å². The van der Waals surface area contributed by atoms with Gasteiger partial charge in [0.15, 0.2) is 0 Å². The van der Waals surface area contributed by atoms with Gasteiger partial charge >= 0.3 is 0 Å². The molecule has 31 heavy (non-hydrogen) atoms. The van der Waals surface area contributed by atoms with Crippen molar-refractivity contribution in [2.75, 3.05) is 20.1 Å². The van der Waals surface area contributed by atoms with E-state index in [-0.39, 0.29) is 23.9 Å². The highest BCUT2D eigenvalue weighted by molar-refractivity contribution is 5.97. The van der Waals surface area contributed by atoms with Gasteiger partial charge in [-0.15, -0.1) is 0 Å². The van der Waals surface area contributed by atoms with Crippen LogP contribution >= 0.6 is 0 Å². The third kappa shape index (κ3) is 4.30. The number of halogens is 2. The zero-order valence-corrected chi connectivity index (χ0v) is 17.0. The van der Waals surface area contributed by atoms with Crippen LogP contribution < -0.4 is 0 Å². The third-order valence-corrected chi connectivity index (χ3v) is 5.46. The maximum atomic E-state index is 13.8. The minimum absolute atomic E-state index is 0.184. The maximum Gasteiger partial charge on any atom is 0.273 e. The standard InChI is InChI=1S/C24H21F2N3O2/c1-28-10-11-29(23(30)21-8-4-5-9-27-21)22(24(28)31)14-16-6-2-3-7-20(16)17-12-18(25)15-19(26)13-17/h2-9,12-13,15,22H,10-11,14H2,1H3/t22-/m0/s1. The number of likely N-dealkylation sites (N-methyl/N-ethyl adjacent to an activating group) is 1. The average Bonchev–Trinajstić information content (AvgIpc) is 2.77. The van der Waals surface area contributed by atoms with Crippen LogP contribution in [0.25, 0.3) is 11.1 Å². The molecule has 1 saturated heterocycles. The number of piperazine rings is 1. The summed E-state index contributed by atoms with van der Waals surface area (Å²) in [5.74, 6) is -1.85. The van der Waals surface area contributed by atoms with Crippen molar-refractivity contribution in [1.29, 1.82) is 0 Å². The van der Waals surface area contributed by atoms with E-state index < -0.39 is 17.7 Å². The van der Waals surface area contributed by atoms with Gasteiger partial charge in [-0.3, -0.25) is 14.6 Å². The number of amides is 2. The first-order chi connectivity index (χ1) is 14.9. The van der Waals surface area contributed by atoms with E-state index in [0.29, 0.717) is 24.2 Å². The highest BCUT2D eigenvalue weighted by Crippen LogP contribution is 2.28. The molecule has 1 aliphatic rings. The van der Waals surface area contributed by atoms with Crippen LogP contribution in [-0.4, -0.2) is 52.8 Å². The summed E-state index contributed by atoms with van der Waals surface area (Å²) in [5.41, 5.74) is 1.99. The molecule has 1 atom stereocenters. The molecule has 0 radical (unpaired) electrons. The Balaban J connectivity index is 1.70. The first kappa shape index (κ1) is 20.7. The summed E-state index contributed by atoms with van der Waals surface area (Å²) >= 11 is 0. The Labute approximate surface area is 178 Å². The number of benzene rings is 2. The predicted octanol–water partition coefficient (Wildman–Crippen LogP) is 3.55. The van der Waals surface area contributed by atoms with Gasteiger partial charge < -0.3 is 9.80 Å². The van der Waals surface area contributed by atoms with Crippen molar-refractivity contribution in [2.45, 2.75) is 12.5 Å². The molecule has 5 nitrogen and oxygen atoms in total. The number of nitrogens with zero attached hydrogens (tertiary/aromatic N) is 3. The Hall–Kier alpha value is -3.61. The summed E-state index contributed by atoms with van der Waals surface area (Å²) in [5, 5.41) is 0. The fourth-order valence-electron chi connectivity index (χ4n) is 3.89. The molecule has 7 heteroatoms. The number of carbonyl (C=O) groups excluding carboxylic acids is 2. The molecule has 3 aromatic rings. The summed E-state index contributed by atoms with van der Waals surface area (Å²) in [6.07, 6.45) is 1.75. The van der Waals surface area contributed by atoms with E-state index >= 15 is 0 Å². The molecule has 2 amide bonds. The van der Waals surface area contributed by atoms with Crippen molar-refractivity contribution in [3.05, 3.63) is 89.8 Å². The Morgan fingerprint density at radius 3 is 2.45 bits per heavy atom. The van der Waals surface area contributed by atoms with Crippen molar-refractivity contribution >= 4 is 11.8 Å². The maximum absolute atomic E-state index is 13.8. The molecule has 0 spiro atoms. The van der Waals surface area contributed by atoms with Crippen molar-refractivity contribution in [3.63, 3.8) is 0 Å². The Kier molecular flexibility index (Phi) is 5.75. The van der Waals surface area contributed by atoms with E-state index in [1.807, 2.05) is 6.07 Å². The normalized spacial score (nSPS) is 16.5. The second-order valence-electron chi connectivity index (χ2n) is 7.51. The van der Waals surface area contributed by atoms with E-state index in [4.69, 9.17) is 0 Å². The molecular formula is C24H21F2N3O2. The summed E-state index contributed by atoms with van der Waals surface area (Å²) in [4.78, 5) is 33.4. The van der Waals surface area contributed by atoms with Gasteiger partial charge in [-0.1, -0.05) is 30.3 Å². The van der Waals surface area contributed by atoms with Crippen molar-refractivity contribution in [1.82, 2.24) is 14.8 Å². The van der Waals surface area contributed by atoms with Crippen molar-refractivity contribution < 1.29 is 18.4 Å². The van der Waals surface area contributed by atoms with Crippen LogP contribution in [0.3, 0.4) is 0 Å². The van der Waals surface area contributed by atoms with E-state index in [9.17, 15) is 18.4 Å². The fraction of sp³-hybridized carbons (Fsp3) is 0.208. The molecule has 4 rings (SSSR count). The Morgan fingerprint density at radius 2 is 1.74 bits per heavy atom. The van der Waals surface area contributed by atoms with Crippen LogP contribution in [0.2, 0.25) is 0 Å². The monoisotopic (exact) mass is 421 g/mol. The van der Waals surface area contributed by atoms with Gasteiger partial charge in [-0.05, 0) is 41.0 Å². The highest BCUT2D eigenvalue weighted by atomic mass is 19.1. The lowest BCUT2D eigenvalue weighted by Crippen LogP contribution is -2.58. The Bertz CT molecular complexity index is 1100. The van der Waals surface area contributed by atoms with Gasteiger partial charge in [0, 0.05) is 38.8 Å². The quantitative estimate of drug-likeness (QED) is 0.648. The van der Waals surface area contributed by atoms with Crippen LogP contribution in [0.5, 0.6) is 0 Å². The largest absolute Gasteiger partial charge is 0.342 e. The van der Waals surface area contributed by atoms with Gasteiger partial charge in [-0.2, -0.15) is 0 Å². The molecule has 0 unspecified atom stereocenters. The molecule has 158 valence electrons. The fourth-order valence-corrected chi connectivity index (χ4v) is 3.89. The first-order valence-electron chi connectivity index (χ1n) is 9.95. The van der Waals surface area contributed by atoms with E-state index in [2.05, 4.69) is 4.98 Å². The predicted molar refractivity (Wildman–Crippen MR) is 112 cm³/mol. The van der Waals surface area contributed by atoms with Crippen LogP contribution in [0, 0.1) is 11.6 Å². The van der Waals surface area contributed by atoms with Crippen LogP contribution in [0.15, 0.2) is 66.9 Å². The summed E-state index contributed by atoms with van der Waals surface area (Å²) in [7, 11) is 1.70. The second-order valence-corrected chi connectivity index (χ2v) is 7.51. The number of aromatic nitrogens is 1. The lowest BCUT2D eigenvalue weighted by molar-refractivity contribution is -0.138. The summed E-state index contributed by atoms with van der Waals surface area (Å²) < 4.78 is 27.6. The van der Waals surface area contributed by atoms with Crippen LogP contribution in [0.4, 0.5) is 8.78 Å². The van der Waals surface area contributed by atoms with Crippen molar-refractivity contribution in [3.8, 4) is 11.1 Å². The number of pyridine rings is 1. The topological polar surface area (TPSA) is 53.5 Å². The number of hydrogen-bond donors (Lipinski definition) is 0. The SMILES string of the molecule is CN1CCN(C(=O)c2ccccn2)[C@@H](Cc2ccccc2-c2cc(F)cc(F)c2)C1=O. The second kappa shape index (κ2) is 8.63. The van der Waals surface area contributed by atoms with E-state index in [1.54, 1.807) is 48.3 Å². The van der Waals surface area contributed by atoms with Crippen LogP contribution in [0.1, 0.15) is 16.1 Å². The number of rotatable bonds is 4. The number of carbonyl (C=O) groups is 2. The molecule has 2 heterocycles. The van der Waals surface area contributed by atoms with Crippen molar-refractivity contribution in [2.24, 2.45) is 0 Å². The lowest BCUT2D eigenvalue weighted by Gasteiger charge is -2.39. The molecule has 0 aliphatic carbocycles. The van der Waals surface area contributed by atoms with Gasteiger partial charge in [0.2, 0.25) is 5.91 Å². The molecule has 0 bridgehead atoms. The highest BCUT2D eigenvalue weighted by Gasteiger charge is 2.37. The zero-order valence-electron chi connectivity index (χ0n) is 17.0. The lowest BCUT2D eigenvalue weighted by atomic mass is 9.93. The van der Waals surface area contributed by atoms with E-state index in [1.165, 1.54) is 23.2 Å². The molecule has 0 N–H and O–H groups in total. The van der Waals surface area contributed by atoms with Gasteiger partial charge in [0.05, 0.1) is 0 Å². The van der Waals surface area contributed by atoms with Gasteiger partial charge in [-0.25, -0.2) is 8.78 Å². The molecule has 0 saturated carbocycles. The summed E-state index contributed by atoms with van der Waals surface area (Å²) in [6, 6.07) is 14.8. The molecule has 1 aromatic heterocycles. The molecule has 1 fully saturated rings. The third-order valence-electron chi connectivity index (χ3n) is 5.46. The molecular weight excluding hydrogens is 400 g/mol. The van der Waals surface area contributed by atoms with Crippen LogP contribution in [-0.2, 0) is 11.2 Å². The molecule has 2 aromatic carbocycles. The summed E-state index contributed by atoms with van der Waals surface area (Å²) in [6.45, 7) is 0.795. The minimum atomic E-state index is -0.743. The Morgan fingerprint density at radius 1 is 1.03 bits per heavy atom. The van der Waals surface area contributed by atoms with Gasteiger partial charge in [0.1, 0.15) is 23.4 Å². The first-order valence-corrected chi connectivity index (χ1v) is 9.95. The smallest absolute Gasteiger partial charge is 0.273 e. The molecule has 1 aliphatic heterocycles. The minimum Gasteiger partial charge on any atom is -0.342 e. The zero-order chi connectivity index (χ0) is 22.0. The number of hydrogen-bond acceptors (Lipinski definition) is 3. The van der Waals surface area contributed by atoms with E-state index in [0.717, 1.165) is 11.6 Å². The average molecular weight is 421 g/mol.